The van der Waals surface area contributed by atoms with Crippen molar-refractivity contribution < 1.29 is 41.4 Å². The molecule has 3 saturated heterocycles. The molecule has 4 fully saturated rings. The van der Waals surface area contributed by atoms with Crippen molar-refractivity contribution in [1.82, 2.24) is 9.80 Å². The maximum Gasteiger partial charge on any atom is 0.573 e. The smallest absolute Gasteiger partial charge is 0.490 e. The number of fused-ring (bicyclic) bond motifs is 2. The molecule has 2 aromatic rings. The molecule has 1 saturated carbocycles. The number of esters is 1. The van der Waals surface area contributed by atoms with Gasteiger partial charge in [-0.1, -0.05) is 11.6 Å². The Hall–Kier alpha value is -3.05. The summed E-state index contributed by atoms with van der Waals surface area (Å²) in [6.45, 7) is 6.24. The Morgan fingerprint density at radius 2 is 1.61 bits per heavy atom. The fraction of sp³-hybridized carbons (Fsp3) is 0.588. The first-order chi connectivity index (χ1) is 21.6. The zero-order valence-corrected chi connectivity index (χ0v) is 26.9. The maximum atomic E-state index is 15.8. The summed E-state index contributed by atoms with van der Waals surface area (Å²) in [6.07, 6.45) is 1.21. The van der Waals surface area contributed by atoms with Gasteiger partial charge in [-0.3, -0.25) is 9.69 Å². The Bertz CT molecular complexity index is 1480. The molecule has 2 aromatic carbocycles. The lowest BCUT2D eigenvalue weighted by Crippen LogP contribution is -2.46. The molecule has 1 unspecified atom stereocenters. The van der Waals surface area contributed by atoms with Crippen LogP contribution in [-0.4, -0.2) is 64.4 Å². The van der Waals surface area contributed by atoms with Crippen molar-refractivity contribution in [3.8, 4) is 11.5 Å². The number of halogens is 5. The first-order valence-corrected chi connectivity index (χ1v) is 16.4. The number of likely N-dealkylation sites (tertiary alicyclic amines) is 1. The summed E-state index contributed by atoms with van der Waals surface area (Å²) in [6, 6.07) is 6.54. The van der Waals surface area contributed by atoms with Crippen LogP contribution in [0.25, 0.3) is 0 Å². The van der Waals surface area contributed by atoms with Crippen LogP contribution in [-0.2, 0) is 16.1 Å². The highest BCUT2D eigenvalue weighted by Gasteiger charge is 2.43. The number of alkyl halides is 3. The van der Waals surface area contributed by atoms with Gasteiger partial charge >= 0.3 is 12.3 Å². The summed E-state index contributed by atoms with van der Waals surface area (Å²) in [5, 5.41) is 0.0822. The molecular formula is C34H39ClF4N2O5. The minimum atomic E-state index is -4.84. The molecule has 1 aliphatic carbocycles. The topological polar surface area (TPSA) is 68.3 Å². The van der Waals surface area contributed by atoms with Crippen LogP contribution >= 0.6 is 11.6 Å². The van der Waals surface area contributed by atoms with Gasteiger partial charge in [0, 0.05) is 36.3 Å². The van der Waals surface area contributed by atoms with Crippen molar-refractivity contribution in [1.29, 1.82) is 0 Å². The second-order valence-electron chi connectivity index (χ2n) is 13.9. The van der Waals surface area contributed by atoms with E-state index in [1.807, 2.05) is 0 Å². The minimum absolute atomic E-state index is 0.00779. The third-order valence-corrected chi connectivity index (χ3v) is 9.46. The average molecular weight is 667 g/mol. The number of nitrogens with zero attached hydrogens (tertiary/aromatic N) is 2. The lowest BCUT2D eigenvalue weighted by atomic mass is 9.95. The van der Waals surface area contributed by atoms with E-state index in [-0.39, 0.29) is 40.4 Å². The van der Waals surface area contributed by atoms with E-state index < -0.39 is 41.4 Å². The van der Waals surface area contributed by atoms with E-state index in [1.165, 1.54) is 23.1 Å². The van der Waals surface area contributed by atoms with Crippen LogP contribution in [0.1, 0.15) is 99.5 Å². The van der Waals surface area contributed by atoms with Crippen LogP contribution in [0.3, 0.4) is 0 Å². The number of ether oxygens (including phenoxy) is 3. The summed E-state index contributed by atoms with van der Waals surface area (Å²) in [7, 11) is 0. The Kier molecular flexibility index (Phi) is 8.95. The highest BCUT2D eigenvalue weighted by Crippen LogP contribution is 2.45. The van der Waals surface area contributed by atoms with E-state index in [2.05, 4.69) is 9.64 Å². The van der Waals surface area contributed by atoms with E-state index >= 15 is 4.39 Å². The third-order valence-electron chi connectivity index (χ3n) is 9.24. The third kappa shape index (κ3) is 7.56. The lowest BCUT2D eigenvalue weighted by Gasteiger charge is -2.39. The van der Waals surface area contributed by atoms with Crippen LogP contribution < -0.4 is 9.47 Å². The number of piperidine rings is 1. The fourth-order valence-corrected chi connectivity index (χ4v) is 7.47. The zero-order valence-electron chi connectivity index (χ0n) is 26.2. The molecule has 3 heterocycles. The Balaban J connectivity index is 1.15. The molecule has 0 aromatic heterocycles. The first-order valence-electron chi connectivity index (χ1n) is 16.0. The number of carbonyl (C=O) groups is 2. The second-order valence-corrected chi connectivity index (χ2v) is 14.4. The van der Waals surface area contributed by atoms with Gasteiger partial charge in [0.1, 0.15) is 35.1 Å². The summed E-state index contributed by atoms with van der Waals surface area (Å²) in [5.41, 5.74) is 1.14. The molecule has 4 aliphatic rings. The van der Waals surface area contributed by atoms with Crippen LogP contribution in [0.15, 0.2) is 30.3 Å². The van der Waals surface area contributed by atoms with Crippen molar-refractivity contribution in [2.24, 2.45) is 0 Å². The second kappa shape index (κ2) is 12.5. The molecule has 0 N–H and O–H groups in total. The predicted molar refractivity (Wildman–Crippen MR) is 162 cm³/mol. The van der Waals surface area contributed by atoms with Gasteiger partial charge in [-0.15, -0.1) is 13.2 Å². The first kappa shape index (κ1) is 32.9. The monoisotopic (exact) mass is 666 g/mol. The lowest BCUT2D eigenvalue weighted by molar-refractivity contribution is -0.274. The van der Waals surface area contributed by atoms with E-state index in [0.717, 1.165) is 42.9 Å². The zero-order chi connectivity index (χ0) is 33.0. The van der Waals surface area contributed by atoms with Crippen LogP contribution in [0, 0.1) is 5.82 Å². The number of hydrogen-bond donors (Lipinski definition) is 0. The van der Waals surface area contributed by atoms with Crippen LogP contribution in [0.5, 0.6) is 11.5 Å². The van der Waals surface area contributed by atoms with Crippen LogP contribution in [0.4, 0.5) is 17.6 Å². The molecule has 0 spiro atoms. The van der Waals surface area contributed by atoms with E-state index in [9.17, 15) is 22.8 Å². The van der Waals surface area contributed by atoms with Gasteiger partial charge in [-0.05, 0) is 113 Å². The van der Waals surface area contributed by atoms with Crippen molar-refractivity contribution in [2.75, 3.05) is 6.54 Å². The summed E-state index contributed by atoms with van der Waals surface area (Å²) in [5.74, 6) is -1.50. The molecule has 46 heavy (non-hydrogen) atoms. The summed E-state index contributed by atoms with van der Waals surface area (Å²) in [4.78, 5) is 30.3. The molecule has 6 rings (SSSR count). The number of benzene rings is 2. The molecule has 2 bridgehead atoms. The van der Waals surface area contributed by atoms with Gasteiger partial charge in [0.2, 0.25) is 0 Å². The summed E-state index contributed by atoms with van der Waals surface area (Å²) >= 11 is 6.04. The molecule has 0 radical (unpaired) electrons. The van der Waals surface area contributed by atoms with Gasteiger partial charge in [-0.25, -0.2) is 9.18 Å². The quantitative estimate of drug-likeness (QED) is 0.212. The molecule has 1 amide bonds. The van der Waals surface area contributed by atoms with Crippen LogP contribution in [0.2, 0.25) is 5.02 Å². The van der Waals surface area contributed by atoms with Gasteiger partial charge < -0.3 is 19.1 Å². The molecule has 4 atom stereocenters. The van der Waals surface area contributed by atoms with Crippen molar-refractivity contribution in [3.63, 3.8) is 0 Å². The van der Waals surface area contributed by atoms with Crippen molar-refractivity contribution in [3.05, 3.63) is 57.9 Å². The van der Waals surface area contributed by atoms with E-state index in [1.54, 1.807) is 26.8 Å². The molecule has 250 valence electrons. The molecular weight excluding hydrogens is 628 g/mol. The Morgan fingerprint density at radius 3 is 2.24 bits per heavy atom. The molecule has 3 aliphatic heterocycles. The predicted octanol–water partition coefficient (Wildman–Crippen LogP) is 7.78. The Morgan fingerprint density at radius 1 is 0.935 bits per heavy atom. The number of hydrogen-bond acceptors (Lipinski definition) is 6. The van der Waals surface area contributed by atoms with Gasteiger partial charge in [0.05, 0.1) is 5.56 Å². The van der Waals surface area contributed by atoms with Gasteiger partial charge in [0.25, 0.3) is 5.91 Å². The van der Waals surface area contributed by atoms with Crippen molar-refractivity contribution in [2.45, 2.75) is 121 Å². The molecule has 7 nitrogen and oxygen atoms in total. The highest BCUT2D eigenvalue weighted by atomic mass is 35.5. The minimum Gasteiger partial charge on any atom is -0.490 e. The molecule has 12 heteroatoms. The normalized spacial score (nSPS) is 25.1. The van der Waals surface area contributed by atoms with E-state index in [0.29, 0.717) is 38.8 Å². The fourth-order valence-electron chi connectivity index (χ4n) is 7.25. The van der Waals surface area contributed by atoms with Gasteiger partial charge in [-0.2, -0.15) is 0 Å². The summed E-state index contributed by atoms with van der Waals surface area (Å²) < 4.78 is 69.7. The highest BCUT2D eigenvalue weighted by molar-refractivity contribution is 6.30. The van der Waals surface area contributed by atoms with Gasteiger partial charge in [0.15, 0.2) is 0 Å². The number of rotatable bonds is 8. The average Bonchev–Trinajstić information content (AvgIpc) is 3.59. The standard InChI is InChI=1S/C34H39ClF4N2O5/c1-33(2,3)46-32(43)30-5-4-10-40(30)31(42)28-17-27(19-6-7-19)20(11-29(28)36)18-41-22-8-9-23(41)15-25(14-22)44-24-12-21(35)13-26(16-24)45-34(37,38)39/h11-13,16-17,19,22-23,25,30H,4-10,14-15,18H2,1-3H3/t22-,23+,25?,30-/m0/s1. The number of amides is 1. The Labute approximate surface area is 271 Å². The largest absolute Gasteiger partial charge is 0.573 e. The number of carbonyl (C=O) groups excluding carboxylic acids is 2. The maximum absolute atomic E-state index is 15.8. The van der Waals surface area contributed by atoms with Crippen molar-refractivity contribution >= 4 is 23.5 Å². The SMILES string of the molecule is CC(C)(C)OC(=O)[C@@H]1CCCN1C(=O)c1cc(C2CC2)c(CN2[C@@H]3CC[C@H]2CC(Oc2cc(Cl)cc(OC(F)(F)F)c2)C3)cc1F. The van der Waals surface area contributed by atoms with E-state index in [4.69, 9.17) is 21.1 Å².